The molecule has 0 saturated heterocycles. The third-order valence-electron chi connectivity index (χ3n) is 3.34. The van der Waals surface area contributed by atoms with E-state index in [4.69, 9.17) is 0 Å². The van der Waals surface area contributed by atoms with Crippen molar-refractivity contribution in [2.24, 2.45) is 0 Å². The molecule has 0 bridgehead atoms. The molecule has 0 fully saturated rings. The number of aromatic nitrogens is 1. The highest BCUT2D eigenvalue weighted by Crippen LogP contribution is 2.36. The Morgan fingerprint density at radius 3 is 2.50 bits per heavy atom. The number of carboxylic acids is 1. The zero-order chi connectivity index (χ0) is 17.3. The molecule has 3 rings (SSSR count). The second-order valence-electron chi connectivity index (χ2n) is 4.89. The van der Waals surface area contributed by atoms with E-state index in [1.54, 1.807) is 17.8 Å². The van der Waals surface area contributed by atoms with Gasteiger partial charge < -0.3 is 10.4 Å². The average molecular weight is 423 g/mol. The number of halogens is 1. The molecule has 5 nitrogen and oxygen atoms in total. The molecule has 0 spiro atoms. The molecular formula is C16H11BrN2O3S2. The number of rotatable bonds is 4. The molecule has 0 radical (unpaired) electrons. The van der Waals surface area contributed by atoms with Crippen molar-refractivity contribution in [2.45, 2.75) is 6.92 Å². The van der Waals surface area contributed by atoms with Gasteiger partial charge >= 0.3 is 5.97 Å². The Kier molecular flexibility index (Phi) is 4.79. The first-order chi connectivity index (χ1) is 11.5. The van der Waals surface area contributed by atoms with E-state index in [2.05, 4.69) is 26.2 Å². The highest BCUT2D eigenvalue weighted by atomic mass is 79.9. The summed E-state index contributed by atoms with van der Waals surface area (Å²) in [5, 5.41) is 14.3. The van der Waals surface area contributed by atoms with Gasteiger partial charge in [-0.15, -0.1) is 22.7 Å². The summed E-state index contributed by atoms with van der Waals surface area (Å²) >= 11 is 5.78. The van der Waals surface area contributed by atoms with Gasteiger partial charge in [-0.05, 0) is 24.6 Å². The number of aryl methyl sites for hydroxylation is 1. The van der Waals surface area contributed by atoms with E-state index >= 15 is 0 Å². The van der Waals surface area contributed by atoms with Crippen LogP contribution in [0.15, 0.2) is 39.6 Å². The number of hydrogen-bond acceptors (Lipinski definition) is 5. The summed E-state index contributed by atoms with van der Waals surface area (Å²) < 4.78 is 0.910. The van der Waals surface area contributed by atoms with Crippen molar-refractivity contribution in [3.05, 3.63) is 55.8 Å². The number of anilines is 1. The minimum absolute atomic E-state index is 0.0952. The monoisotopic (exact) mass is 422 g/mol. The number of nitrogens with zero attached hydrogens (tertiary/aromatic N) is 1. The summed E-state index contributed by atoms with van der Waals surface area (Å²) in [6, 6.07) is 7.35. The molecule has 24 heavy (non-hydrogen) atoms. The Balaban J connectivity index is 1.98. The Hall–Kier alpha value is -2.03. The number of thiophene rings is 1. The molecule has 0 aliphatic rings. The molecule has 2 heterocycles. The van der Waals surface area contributed by atoms with Gasteiger partial charge in [-0.25, -0.2) is 9.78 Å². The highest BCUT2D eigenvalue weighted by Gasteiger charge is 2.22. The van der Waals surface area contributed by atoms with Gasteiger partial charge in [0.25, 0.3) is 5.91 Å². The molecular weight excluding hydrogens is 412 g/mol. The second-order valence-corrected chi connectivity index (χ2v) is 7.54. The van der Waals surface area contributed by atoms with Crippen LogP contribution in [0.5, 0.6) is 0 Å². The fourth-order valence-electron chi connectivity index (χ4n) is 2.18. The summed E-state index contributed by atoms with van der Waals surface area (Å²) in [5.41, 5.74) is 3.67. The van der Waals surface area contributed by atoms with Gasteiger partial charge in [-0.3, -0.25) is 4.79 Å². The lowest BCUT2D eigenvalue weighted by atomic mass is 10.0. The van der Waals surface area contributed by atoms with Crippen LogP contribution in [0.25, 0.3) is 11.1 Å². The van der Waals surface area contributed by atoms with Crippen molar-refractivity contribution < 1.29 is 14.7 Å². The number of nitrogens with one attached hydrogen (secondary N) is 1. The van der Waals surface area contributed by atoms with E-state index in [0.29, 0.717) is 21.1 Å². The molecule has 0 saturated carbocycles. The van der Waals surface area contributed by atoms with E-state index in [1.165, 1.54) is 22.7 Å². The van der Waals surface area contributed by atoms with Crippen LogP contribution >= 0.6 is 38.6 Å². The van der Waals surface area contributed by atoms with Crippen molar-refractivity contribution in [3.63, 3.8) is 0 Å². The van der Waals surface area contributed by atoms with Crippen molar-refractivity contribution >= 4 is 55.5 Å². The van der Waals surface area contributed by atoms with Gasteiger partial charge in [0, 0.05) is 15.4 Å². The largest absolute Gasteiger partial charge is 0.478 e. The first-order valence-electron chi connectivity index (χ1n) is 6.79. The standard InChI is InChI=1S/C16H11BrN2O3S2/c1-8-13(24-7-18-8)14(20)19-15-12(16(21)22)11(6-23-15)9-2-4-10(17)5-3-9/h2-7H,1H3,(H,19,20)(H,21,22). The highest BCUT2D eigenvalue weighted by molar-refractivity contribution is 9.10. The summed E-state index contributed by atoms with van der Waals surface area (Å²) in [5.74, 6) is -1.42. The van der Waals surface area contributed by atoms with Gasteiger partial charge in [0.05, 0.1) is 11.2 Å². The topological polar surface area (TPSA) is 79.3 Å². The third kappa shape index (κ3) is 3.26. The van der Waals surface area contributed by atoms with Crippen molar-refractivity contribution in [1.82, 2.24) is 4.98 Å². The number of carboxylic acid groups (broad SMARTS) is 1. The van der Waals surface area contributed by atoms with E-state index in [0.717, 1.165) is 10.0 Å². The average Bonchev–Trinajstić information content (AvgIpc) is 3.14. The lowest BCUT2D eigenvalue weighted by molar-refractivity contribution is 0.0699. The van der Waals surface area contributed by atoms with Gasteiger partial charge in [0.15, 0.2) is 0 Å². The first-order valence-corrected chi connectivity index (χ1v) is 9.34. The van der Waals surface area contributed by atoms with Crippen molar-refractivity contribution in [1.29, 1.82) is 0 Å². The smallest absolute Gasteiger partial charge is 0.339 e. The molecule has 0 aliphatic carbocycles. The minimum atomic E-state index is -1.08. The van der Waals surface area contributed by atoms with Crippen molar-refractivity contribution in [3.8, 4) is 11.1 Å². The molecule has 3 aromatic rings. The van der Waals surface area contributed by atoms with Crippen LogP contribution in [-0.2, 0) is 0 Å². The summed E-state index contributed by atoms with van der Waals surface area (Å²) in [6.45, 7) is 1.74. The number of carbonyl (C=O) groups excluding carboxylic acids is 1. The minimum Gasteiger partial charge on any atom is -0.478 e. The molecule has 8 heteroatoms. The van der Waals surface area contributed by atoms with E-state index in [-0.39, 0.29) is 11.5 Å². The molecule has 2 aromatic heterocycles. The summed E-state index contributed by atoms with van der Waals surface area (Å²) in [4.78, 5) is 28.6. The number of aromatic carboxylic acids is 1. The van der Waals surface area contributed by atoms with E-state index in [1.807, 2.05) is 24.3 Å². The Bertz CT molecular complexity index is 916. The second kappa shape index (κ2) is 6.84. The zero-order valence-corrected chi connectivity index (χ0v) is 15.6. The normalized spacial score (nSPS) is 10.6. The van der Waals surface area contributed by atoms with Crippen LogP contribution in [0, 0.1) is 6.92 Å². The Morgan fingerprint density at radius 2 is 1.92 bits per heavy atom. The Morgan fingerprint density at radius 1 is 1.21 bits per heavy atom. The molecule has 1 aromatic carbocycles. The maximum Gasteiger partial charge on any atom is 0.339 e. The van der Waals surface area contributed by atoms with Crippen LogP contribution in [0.4, 0.5) is 5.00 Å². The van der Waals surface area contributed by atoms with Gasteiger partial charge in [-0.2, -0.15) is 0 Å². The Labute approximate surface area is 154 Å². The summed E-state index contributed by atoms with van der Waals surface area (Å²) in [7, 11) is 0. The molecule has 1 amide bonds. The van der Waals surface area contributed by atoms with Gasteiger partial charge in [0.1, 0.15) is 15.4 Å². The van der Waals surface area contributed by atoms with Crippen LogP contribution < -0.4 is 5.32 Å². The lowest BCUT2D eigenvalue weighted by Crippen LogP contribution is -2.13. The van der Waals surface area contributed by atoms with Crippen LogP contribution in [0.3, 0.4) is 0 Å². The number of carbonyl (C=O) groups is 2. The fraction of sp³-hybridized carbons (Fsp3) is 0.0625. The summed E-state index contributed by atoms with van der Waals surface area (Å²) in [6.07, 6.45) is 0. The number of hydrogen-bond donors (Lipinski definition) is 2. The lowest BCUT2D eigenvalue weighted by Gasteiger charge is -2.05. The molecule has 0 atom stereocenters. The third-order valence-corrected chi connectivity index (χ3v) is 5.69. The number of benzene rings is 1. The SMILES string of the molecule is Cc1ncsc1C(=O)Nc1scc(-c2ccc(Br)cc2)c1C(=O)O. The maximum absolute atomic E-state index is 12.3. The fourth-order valence-corrected chi connectivity index (χ4v) is 4.10. The van der Waals surface area contributed by atoms with E-state index in [9.17, 15) is 14.7 Å². The maximum atomic E-state index is 12.3. The zero-order valence-electron chi connectivity index (χ0n) is 12.4. The number of amides is 1. The molecule has 0 aliphatic heterocycles. The van der Waals surface area contributed by atoms with E-state index < -0.39 is 5.97 Å². The van der Waals surface area contributed by atoms with Crippen LogP contribution in [-0.4, -0.2) is 22.0 Å². The van der Waals surface area contributed by atoms with Gasteiger partial charge in [-0.1, -0.05) is 28.1 Å². The van der Waals surface area contributed by atoms with Crippen molar-refractivity contribution in [2.75, 3.05) is 5.32 Å². The quantitative estimate of drug-likeness (QED) is 0.626. The van der Waals surface area contributed by atoms with Crippen LogP contribution in [0.1, 0.15) is 25.7 Å². The van der Waals surface area contributed by atoms with Crippen LogP contribution in [0.2, 0.25) is 0 Å². The number of thiazole rings is 1. The molecule has 122 valence electrons. The molecule has 0 unspecified atom stereocenters. The predicted molar refractivity (Wildman–Crippen MR) is 99.2 cm³/mol. The molecule has 2 N–H and O–H groups in total. The van der Waals surface area contributed by atoms with Gasteiger partial charge in [0.2, 0.25) is 0 Å². The first kappa shape index (κ1) is 16.8. The predicted octanol–water partition coefficient (Wildman–Crippen LogP) is 4.89.